The number of aryl methyl sites for hydroxylation is 1. The lowest BCUT2D eigenvalue weighted by Gasteiger charge is -2.29. The van der Waals surface area contributed by atoms with Crippen LogP contribution in [-0.4, -0.2) is 16.0 Å². The summed E-state index contributed by atoms with van der Waals surface area (Å²) in [5, 5.41) is 2.66. The molecule has 0 atom stereocenters. The van der Waals surface area contributed by atoms with Crippen molar-refractivity contribution in [2.45, 2.75) is 46.7 Å². The van der Waals surface area contributed by atoms with Gasteiger partial charge in [-0.15, -0.1) is 11.3 Å². The Morgan fingerprint density at radius 2 is 2.10 bits per heavy atom. The molecule has 0 saturated carbocycles. The molecule has 2 aromatic rings. The van der Waals surface area contributed by atoms with Gasteiger partial charge in [-0.05, 0) is 32.2 Å². The highest BCUT2D eigenvalue weighted by Crippen LogP contribution is 2.27. The minimum Gasteiger partial charge on any atom is -0.349 e. The summed E-state index contributed by atoms with van der Waals surface area (Å²) in [5.41, 5.74) is 0.953. The Morgan fingerprint density at radius 3 is 2.65 bits per heavy atom. The number of anilines is 1. The van der Waals surface area contributed by atoms with Crippen LogP contribution in [-0.2, 0) is 13.0 Å². The van der Waals surface area contributed by atoms with Crippen molar-refractivity contribution in [2.75, 3.05) is 4.90 Å². The Morgan fingerprint density at radius 1 is 1.35 bits per heavy atom. The second-order valence-electron chi connectivity index (χ2n) is 5.03. The van der Waals surface area contributed by atoms with Gasteiger partial charge >= 0.3 is 0 Å². The van der Waals surface area contributed by atoms with Gasteiger partial charge in [0.05, 0.1) is 6.54 Å². The van der Waals surface area contributed by atoms with Crippen molar-refractivity contribution in [3.05, 3.63) is 38.9 Å². The van der Waals surface area contributed by atoms with Gasteiger partial charge in [0.1, 0.15) is 16.8 Å². The average Bonchev–Trinajstić information content (AvgIpc) is 2.92. The summed E-state index contributed by atoms with van der Waals surface area (Å²) in [7, 11) is 0. The number of rotatable bonds is 5. The van der Waals surface area contributed by atoms with E-state index in [2.05, 4.69) is 46.2 Å². The molecule has 0 aromatic carbocycles. The Kier molecular flexibility index (Phi) is 5.00. The number of nitrogens with zero attached hydrogens (tertiary/aromatic N) is 3. The molecule has 20 heavy (non-hydrogen) atoms. The highest BCUT2D eigenvalue weighted by molar-refractivity contribution is 7.09. The molecule has 2 aromatic heterocycles. The smallest absolute Gasteiger partial charge is 0.137 e. The summed E-state index contributed by atoms with van der Waals surface area (Å²) >= 11 is 8.02. The molecule has 0 spiro atoms. The van der Waals surface area contributed by atoms with E-state index in [0.717, 1.165) is 30.2 Å². The third-order valence-corrected chi connectivity index (χ3v) is 4.45. The number of thiophene rings is 1. The van der Waals surface area contributed by atoms with Crippen molar-refractivity contribution in [3.63, 3.8) is 0 Å². The van der Waals surface area contributed by atoms with Crippen LogP contribution in [0.5, 0.6) is 0 Å². The maximum atomic E-state index is 6.25. The molecule has 2 heterocycles. The van der Waals surface area contributed by atoms with E-state index >= 15 is 0 Å². The highest BCUT2D eigenvalue weighted by atomic mass is 35.5. The van der Waals surface area contributed by atoms with Gasteiger partial charge in [-0.25, -0.2) is 9.97 Å². The quantitative estimate of drug-likeness (QED) is 0.763. The average molecular weight is 310 g/mol. The first kappa shape index (κ1) is 15.3. The van der Waals surface area contributed by atoms with Gasteiger partial charge in [-0.1, -0.05) is 24.6 Å². The van der Waals surface area contributed by atoms with E-state index < -0.39 is 0 Å². The Labute approximate surface area is 129 Å². The predicted octanol–water partition coefficient (Wildman–Crippen LogP) is 4.48. The zero-order chi connectivity index (χ0) is 14.7. The summed E-state index contributed by atoms with van der Waals surface area (Å²) in [4.78, 5) is 12.6. The first-order valence-corrected chi connectivity index (χ1v) is 8.10. The van der Waals surface area contributed by atoms with E-state index in [1.54, 1.807) is 11.3 Å². The van der Waals surface area contributed by atoms with Crippen molar-refractivity contribution in [2.24, 2.45) is 0 Å². The second kappa shape index (κ2) is 6.55. The molecule has 0 fully saturated rings. The molecule has 108 valence electrons. The van der Waals surface area contributed by atoms with E-state index in [9.17, 15) is 0 Å². The molecule has 0 aliphatic heterocycles. The van der Waals surface area contributed by atoms with Crippen molar-refractivity contribution < 1.29 is 0 Å². The van der Waals surface area contributed by atoms with Crippen LogP contribution in [0.15, 0.2) is 17.5 Å². The zero-order valence-electron chi connectivity index (χ0n) is 12.4. The minimum atomic E-state index is 0.353. The van der Waals surface area contributed by atoms with Gasteiger partial charge in [-0.3, -0.25) is 0 Å². The lowest BCUT2D eigenvalue weighted by Crippen LogP contribution is -2.31. The fourth-order valence-electron chi connectivity index (χ4n) is 2.03. The highest BCUT2D eigenvalue weighted by Gasteiger charge is 2.18. The molecule has 0 radical (unpaired) electrons. The van der Waals surface area contributed by atoms with E-state index in [1.807, 2.05) is 13.8 Å². The fraction of sp³-hybridized carbons (Fsp3) is 0.467. The summed E-state index contributed by atoms with van der Waals surface area (Å²) in [6.07, 6.45) is 0.790. The molecule has 0 bridgehead atoms. The molecule has 5 heteroatoms. The SMILES string of the molecule is CCc1nc(Cl)c(C)c(N(Cc2cccs2)C(C)C)n1. The van der Waals surface area contributed by atoms with Gasteiger partial charge in [0, 0.05) is 22.9 Å². The van der Waals surface area contributed by atoms with E-state index in [-0.39, 0.29) is 0 Å². The van der Waals surface area contributed by atoms with Crippen LogP contribution in [0.25, 0.3) is 0 Å². The Bertz CT molecular complexity index is 567. The van der Waals surface area contributed by atoms with Crippen LogP contribution in [0.1, 0.15) is 37.0 Å². The molecule has 0 saturated heterocycles. The summed E-state index contributed by atoms with van der Waals surface area (Å²) in [5.74, 6) is 1.75. The summed E-state index contributed by atoms with van der Waals surface area (Å²) in [6, 6.07) is 4.58. The lowest BCUT2D eigenvalue weighted by molar-refractivity contribution is 0.669. The molecule has 0 aliphatic rings. The Hall–Kier alpha value is -1.13. The van der Waals surface area contributed by atoms with Gasteiger partial charge < -0.3 is 4.90 Å². The van der Waals surface area contributed by atoms with Crippen LogP contribution in [0.4, 0.5) is 5.82 Å². The summed E-state index contributed by atoms with van der Waals surface area (Å²) < 4.78 is 0. The molecule has 0 amide bonds. The van der Waals surface area contributed by atoms with E-state index in [4.69, 9.17) is 11.6 Å². The van der Waals surface area contributed by atoms with Gasteiger partial charge in [0.25, 0.3) is 0 Å². The third-order valence-electron chi connectivity index (χ3n) is 3.22. The number of halogens is 1. The van der Waals surface area contributed by atoms with Crippen LogP contribution < -0.4 is 4.90 Å². The van der Waals surface area contributed by atoms with Crippen LogP contribution in [0.2, 0.25) is 5.15 Å². The molecule has 3 nitrogen and oxygen atoms in total. The standard InChI is InChI=1S/C15H20ClN3S/c1-5-13-17-14(16)11(4)15(18-13)19(10(2)3)9-12-7-6-8-20-12/h6-8,10H,5,9H2,1-4H3. The van der Waals surface area contributed by atoms with Gasteiger partial charge in [0.2, 0.25) is 0 Å². The number of aromatic nitrogens is 2. The van der Waals surface area contributed by atoms with E-state index in [0.29, 0.717) is 11.2 Å². The normalized spacial score (nSPS) is 11.1. The lowest BCUT2D eigenvalue weighted by atomic mass is 10.2. The van der Waals surface area contributed by atoms with Crippen molar-refractivity contribution in [1.82, 2.24) is 9.97 Å². The number of hydrogen-bond acceptors (Lipinski definition) is 4. The first-order chi connectivity index (χ1) is 9.52. The van der Waals surface area contributed by atoms with Gasteiger partial charge in [-0.2, -0.15) is 0 Å². The summed E-state index contributed by atoms with van der Waals surface area (Å²) in [6.45, 7) is 9.24. The first-order valence-electron chi connectivity index (χ1n) is 6.85. The number of hydrogen-bond donors (Lipinski definition) is 0. The largest absolute Gasteiger partial charge is 0.349 e. The molecular weight excluding hydrogens is 290 g/mol. The minimum absolute atomic E-state index is 0.353. The molecule has 2 rings (SSSR count). The third kappa shape index (κ3) is 3.30. The second-order valence-corrected chi connectivity index (χ2v) is 6.42. The maximum absolute atomic E-state index is 6.25. The predicted molar refractivity (Wildman–Crippen MR) is 86.8 cm³/mol. The zero-order valence-corrected chi connectivity index (χ0v) is 13.9. The molecule has 0 N–H and O–H groups in total. The molecule has 0 unspecified atom stereocenters. The van der Waals surface area contributed by atoms with Crippen LogP contribution >= 0.6 is 22.9 Å². The molecule has 0 aliphatic carbocycles. The van der Waals surface area contributed by atoms with Crippen LogP contribution in [0.3, 0.4) is 0 Å². The van der Waals surface area contributed by atoms with Crippen molar-refractivity contribution >= 4 is 28.8 Å². The van der Waals surface area contributed by atoms with Crippen LogP contribution in [0, 0.1) is 6.92 Å². The topological polar surface area (TPSA) is 29.0 Å². The van der Waals surface area contributed by atoms with E-state index in [1.165, 1.54) is 4.88 Å². The molecular formula is C15H20ClN3S. The maximum Gasteiger partial charge on any atom is 0.137 e. The Balaban J connectivity index is 2.41. The van der Waals surface area contributed by atoms with Crippen molar-refractivity contribution in [1.29, 1.82) is 0 Å². The monoisotopic (exact) mass is 309 g/mol. The fourth-order valence-corrected chi connectivity index (χ4v) is 2.92. The van der Waals surface area contributed by atoms with Crippen molar-refractivity contribution in [3.8, 4) is 0 Å². The van der Waals surface area contributed by atoms with Gasteiger partial charge in [0.15, 0.2) is 0 Å².